The Hall–Kier alpha value is -0.730. The van der Waals surface area contributed by atoms with Crippen LogP contribution in [0.25, 0.3) is 0 Å². The minimum absolute atomic E-state index is 0.301. The predicted octanol–water partition coefficient (Wildman–Crippen LogP) is 3.78. The van der Waals surface area contributed by atoms with Gasteiger partial charge in [0.05, 0.1) is 0 Å². The molecule has 1 saturated heterocycles. The van der Waals surface area contributed by atoms with Gasteiger partial charge < -0.3 is 4.74 Å². The Labute approximate surface area is 127 Å². The molecule has 2 atom stereocenters. The summed E-state index contributed by atoms with van der Waals surface area (Å²) in [6.45, 7) is 4.34. The second kappa shape index (κ2) is 6.36. The normalized spacial score (nSPS) is 26.9. The second-order valence-corrected chi connectivity index (χ2v) is 6.52. The fourth-order valence-corrected chi connectivity index (χ4v) is 3.81. The van der Waals surface area contributed by atoms with Gasteiger partial charge in [0.2, 0.25) is 0 Å². The first-order valence-corrected chi connectivity index (χ1v) is 8.36. The van der Waals surface area contributed by atoms with Crippen LogP contribution in [0.2, 0.25) is 0 Å². The molecular weight excluding hydrogens is 270 g/mol. The molecule has 2 nitrogen and oxygen atoms in total. The molecule has 0 bridgehead atoms. The number of likely N-dealkylation sites (tertiary alicyclic amines) is 1. The van der Waals surface area contributed by atoms with Crippen molar-refractivity contribution in [3.05, 3.63) is 29.3 Å². The highest BCUT2D eigenvalue weighted by atomic mass is 35.5. The van der Waals surface area contributed by atoms with Crippen molar-refractivity contribution >= 4 is 11.6 Å². The quantitative estimate of drug-likeness (QED) is 0.786. The summed E-state index contributed by atoms with van der Waals surface area (Å²) >= 11 is 6.16. The topological polar surface area (TPSA) is 12.5 Å². The zero-order valence-corrected chi connectivity index (χ0v) is 13.0. The van der Waals surface area contributed by atoms with Crippen LogP contribution < -0.4 is 4.74 Å². The first-order chi connectivity index (χ1) is 9.76. The van der Waals surface area contributed by atoms with Crippen LogP contribution in [0.1, 0.15) is 36.8 Å². The van der Waals surface area contributed by atoms with Crippen LogP contribution in [0, 0.1) is 6.92 Å². The van der Waals surface area contributed by atoms with E-state index < -0.39 is 0 Å². The molecule has 20 heavy (non-hydrogen) atoms. The van der Waals surface area contributed by atoms with E-state index in [2.05, 4.69) is 30.0 Å². The zero-order chi connectivity index (χ0) is 13.9. The molecule has 0 aromatic heterocycles. The van der Waals surface area contributed by atoms with Crippen molar-refractivity contribution in [3.63, 3.8) is 0 Å². The van der Waals surface area contributed by atoms with Crippen molar-refractivity contribution in [2.24, 2.45) is 0 Å². The molecule has 0 N–H and O–H groups in total. The van der Waals surface area contributed by atoms with Gasteiger partial charge in [-0.25, -0.2) is 0 Å². The Balaban J connectivity index is 1.64. The Kier molecular flexibility index (Phi) is 4.52. The van der Waals surface area contributed by atoms with Crippen LogP contribution in [0.3, 0.4) is 0 Å². The van der Waals surface area contributed by atoms with Crippen LogP contribution in [0.15, 0.2) is 18.2 Å². The number of halogens is 1. The lowest BCUT2D eigenvalue weighted by Gasteiger charge is -2.30. The maximum atomic E-state index is 6.16. The van der Waals surface area contributed by atoms with E-state index in [0.29, 0.717) is 12.1 Å². The molecule has 0 radical (unpaired) electrons. The number of aryl methyl sites for hydroxylation is 1. The van der Waals surface area contributed by atoms with E-state index in [1.165, 1.54) is 43.4 Å². The van der Waals surface area contributed by atoms with Crippen molar-refractivity contribution in [1.29, 1.82) is 0 Å². The molecule has 3 heteroatoms. The van der Waals surface area contributed by atoms with Gasteiger partial charge >= 0.3 is 0 Å². The van der Waals surface area contributed by atoms with Gasteiger partial charge in [0, 0.05) is 24.9 Å². The zero-order valence-electron chi connectivity index (χ0n) is 12.3. The first kappa shape index (κ1) is 14.2. The molecule has 0 amide bonds. The van der Waals surface area contributed by atoms with Gasteiger partial charge in [-0.2, -0.15) is 0 Å². The highest BCUT2D eigenvalue weighted by Gasteiger charge is 2.28. The van der Waals surface area contributed by atoms with E-state index >= 15 is 0 Å². The fraction of sp³-hybridized carbons (Fsp3) is 0.647. The molecule has 0 saturated carbocycles. The van der Waals surface area contributed by atoms with Crippen LogP contribution in [-0.2, 0) is 6.42 Å². The SMILES string of the molecule is Cc1ccc2c(c1)CC(CN1CCCCCC1CCl)O2. The molecule has 1 aromatic carbocycles. The molecule has 3 rings (SSSR count). The maximum absolute atomic E-state index is 6.16. The third kappa shape index (κ3) is 3.12. The smallest absolute Gasteiger partial charge is 0.123 e. The van der Waals surface area contributed by atoms with E-state index in [0.717, 1.165) is 24.6 Å². The third-order valence-corrected chi connectivity index (χ3v) is 4.93. The lowest BCUT2D eigenvalue weighted by molar-refractivity contribution is 0.125. The molecule has 1 fully saturated rings. The van der Waals surface area contributed by atoms with Crippen LogP contribution >= 0.6 is 11.6 Å². The van der Waals surface area contributed by atoms with E-state index in [-0.39, 0.29) is 0 Å². The fourth-order valence-electron chi connectivity index (χ4n) is 3.46. The lowest BCUT2D eigenvalue weighted by atomic mass is 10.1. The monoisotopic (exact) mass is 293 g/mol. The average molecular weight is 294 g/mol. The van der Waals surface area contributed by atoms with E-state index in [9.17, 15) is 0 Å². The van der Waals surface area contributed by atoms with Crippen molar-refractivity contribution < 1.29 is 4.74 Å². The Morgan fingerprint density at radius 3 is 3.05 bits per heavy atom. The number of fused-ring (bicyclic) bond motifs is 1. The Morgan fingerprint density at radius 1 is 1.30 bits per heavy atom. The minimum atomic E-state index is 0.301. The second-order valence-electron chi connectivity index (χ2n) is 6.21. The standard InChI is InChI=1S/C17H24ClNO/c1-13-6-7-17-14(9-13)10-16(20-17)12-19-8-4-2-3-5-15(19)11-18/h6-7,9,15-16H,2-5,8,10-12H2,1H3. The molecule has 1 aromatic rings. The van der Waals surface area contributed by atoms with Crippen molar-refractivity contribution in [2.75, 3.05) is 19.0 Å². The van der Waals surface area contributed by atoms with E-state index in [1.54, 1.807) is 0 Å². The Morgan fingerprint density at radius 2 is 2.20 bits per heavy atom. The number of benzene rings is 1. The molecule has 2 aliphatic heterocycles. The van der Waals surface area contributed by atoms with Crippen LogP contribution in [-0.4, -0.2) is 36.0 Å². The van der Waals surface area contributed by atoms with Crippen molar-refractivity contribution in [1.82, 2.24) is 4.90 Å². The summed E-state index contributed by atoms with van der Waals surface area (Å²) in [5.41, 5.74) is 2.69. The highest BCUT2D eigenvalue weighted by Crippen LogP contribution is 2.30. The third-order valence-electron chi connectivity index (χ3n) is 4.57. The summed E-state index contributed by atoms with van der Waals surface area (Å²) in [7, 11) is 0. The van der Waals surface area contributed by atoms with Gasteiger partial charge in [-0.1, -0.05) is 30.5 Å². The van der Waals surface area contributed by atoms with E-state index in [1.807, 2.05) is 0 Å². The Bertz CT molecular complexity index is 462. The molecule has 2 unspecified atom stereocenters. The summed E-state index contributed by atoms with van der Waals surface area (Å²) in [4.78, 5) is 2.56. The number of alkyl halides is 1. The molecule has 2 aliphatic rings. The highest BCUT2D eigenvalue weighted by molar-refractivity contribution is 6.18. The molecule has 110 valence electrons. The summed E-state index contributed by atoms with van der Waals surface area (Å²) in [6.07, 6.45) is 6.54. The summed E-state index contributed by atoms with van der Waals surface area (Å²) < 4.78 is 6.11. The van der Waals surface area contributed by atoms with Gasteiger partial charge in [0.1, 0.15) is 11.9 Å². The van der Waals surface area contributed by atoms with Gasteiger partial charge in [-0.05, 0) is 37.9 Å². The largest absolute Gasteiger partial charge is 0.488 e. The minimum Gasteiger partial charge on any atom is -0.488 e. The first-order valence-electron chi connectivity index (χ1n) is 7.82. The average Bonchev–Trinajstić information content (AvgIpc) is 2.68. The number of hydrogen-bond donors (Lipinski definition) is 0. The number of hydrogen-bond acceptors (Lipinski definition) is 2. The predicted molar refractivity (Wildman–Crippen MR) is 83.8 cm³/mol. The summed E-state index contributed by atoms with van der Waals surface area (Å²) in [6, 6.07) is 7.05. The molecule has 0 spiro atoms. The molecular formula is C17H24ClNO. The summed E-state index contributed by atoms with van der Waals surface area (Å²) in [5.74, 6) is 1.83. The van der Waals surface area contributed by atoms with Crippen LogP contribution in [0.5, 0.6) is 5.75 Å². The van der Waals surface area contributed by atoms with Gasteiger partial charge in [-0.15, -0.1) is 11.6 Å². The van der Waals surface area contributed by atoms with Crippen molar-refractivity contribution in [3.8, 4) is 5.75 Å². The molecule has 0 aliphatic carbocycles. The van der Waals surface area contributed by atoms with Crippen molar-refractivity contribution in [2.45, 2.75) is 51.2 Å². The van der Waals surface area contributed by atoms with E-state index in [4.69, 9.17) is 16.3 Å². The molecule has 2 heterocycles. The number of nitrogens with zero attached hydrogens (tertiary/aromatic N) is 1. The maximum Gasteiger partial charge on any atom is 0.123 e. The lowest BCUT2D eigenvalue weighted by Crippen LogP contribution is -2.42. The number of rotatable bonds is 3. The van der Waals surface area contributed by atoms with Crippen LogP contribution in [0.4, 0.5) is 0 Å². The number of ether oxygens (including phenoxy) is 1. The van der Waals surface area contributed by atoms with Gasteiger partial charge in [0.25, 0.3) is 0 Å². The van der Waals surface area contributed by atoms with Gasteiger partial charge in [0.15, 0.2) is 0 Å². The van der Waals surface area contributed by atoms with Gasteiger partial charge in [-0.3, -0.25) is 4.90 Å². The summed E-state index contributed by atoms with van der Waals surface area (Å²) in [5, 5.41) is 0.